The van der Waals surface area contributed by atoms with Crippen LogP contribution in [-0.4, -0.2) is 5.97 Å². The lowest BCUT2D eigenvalue weighted by Gasteiger charge is -2.10. The first-order valence-electron chi connectivity index (χ1n) is 6.83. The lowest BCUT2D eigenvalue weighted by Crippen LogP contribution is -2.23. The van der Waals surface area contributed by atoms with Gasteiger partial charge >= 0.3 is 0 Å². The van der Waals surface area contributed by atoms with Crippen LogP contribution in [0.3, 0.4) is 0 Å². The third kappa shape index (κ3) is 2.29. The Balaban J connectivity index is 2.32. The van der Waals surface area contributed by atoms with Gasteiger partial charge in [-0.3, -0.25) is 4.79 Å². The molecule has 0 saturated heterocycles. The maximum atomic E-state index is 12.3. The number of aryl methyl sites for hydroxylation is 2. The van der Waals surface area contributed by atoms with Gasteiger partial charge in [0.2, 0.25) is 0 Å². The zero-order chi connectivity index (χ0) is 15.9. The van der Waals surface area contributed by atoms with Crippen LogP contribution in [0.15, 0.2) is 51.7 Å². The second-order valence-corrected chi connectivity index (χ2v) is 5.24. The molecule has 4 nitrogen and oxygen atoms in total. The molecule has 0 aliphatic carbocycles. The average molecular weight is 293 g/mol. The van der Waals surface area contributed by atoms with Crippen LogP contribution >= 0.6 is 0 Å². The molecule has 0 fully saturated rings. The van der Waals surface area contributed by atoms with Crippen molar-refractivity contribution < 1.29 is 14.3 Å². The summed E-state index contributed by atoms with van der Waals surface area (Å²) in [6, 6.07) is 11.2. The van der Waals surface area contributed by atoms with Gasteiger partial charge in [0.25, 0.3) is 0 Å². The Bertz CT molecular complexity index is 951. The molecule has 0 N–H and O–H groups in total. The van der Waals surface area contributed by atoms with Crippen LogP contribution in [0.5, 0.6) is 0 Å². The molecule has 0 aliphatic rings. The summed E-state index contributed by atoms with van der Waals surface area (Å²) in [5, 5.41) is 11.7. The standard InChI is InChI=1S/C18H14O4/c1-10-7-14-15(19)9-17(22-16(14)8-11(10)2)12-5-3-4-6-13(12)18(20)21/h3-9H,1-2H3,(H,20,21)/p-1. The molecule has 0 bridgehead atoms. The van der Waals surface area contributed by atoms with Crippen molar-refractivity contribution in [3.05, 3.63) is 69.4 Å². The Labute approximate surface area is 126 Å². The van der Waals surface area contributed by atoms with Gasteiger partial charge in [0.05, 0.1) is 11.4 Å². The number of hydrogen-bond acceptors (Lipinski definition) is 4. The van der Waals surface area contributed by atoms with Crippen LogP contribution in [-0.2, 0) is 0 Å². The fourth-order valence-corrected chi connectivity index (χ4v) is 2.42. The summed E-state index contributed by atoms with van der Waals surface area (Å²) >= 11 is 0. The predicted octanol–water partition coefficient (Wildman–Crippen LogP) is 2.44. The van der Waals surface area contributed by atoms with E-state index in [0.717, 1.165) is 11.1 Å². The van der Waals surface area contributed by atoms with Crippen LogP contribution in [0.2, 0.25) is 0 Å². The quantitative estimate of drug-likeness (QED) is 0.727. The second kappa shape index (κ2) is 5.15. The Kier molecular flexibility index (Phi) is 3.29. The highest BCUT2D eigenvalue weighted by Crippen LogP contribution is 2.26. The number of rotatable bonds is 2. The summed E-state index contributed by atoms with van der Waals surface area (Å²) in [7, 11) is 0. The number of benzene rings is 2. The second-order valence-electron chi connectivity index (χ2n) is 5.24. The minimum Gasteiger partial charge on any atom is -0.545 e. The molecular weight excluding hydrogens is 280 g/mol. The third-order valence-corrected chi connectivity index (χ3v) is 3.76. The molecule has 0 atom stereocenters. The van der Waals surface area contributed by atoms with Crippen LogP contribution < -0.4 is 10.5 Å². The van der Waals surface area contributed by atoms with Crippen molar-refractivity contribution in [2.45, 2.75) is 13.8 Å². The first-order valence-corrected chi connectivity index (χ1v) is 6.83. The first-order chi connectivity index (χ1) is 10.5. The van der Waals surface area contributed by atoms with E-state index in [1.54, 1.807) is 30.3 Å². The summed E-state index contributed by atoms with van der Waals surface area (Å²) in [5.74, 6) is -1.08. The van der Waals surface area contributed by atoms with E-state index in [1.807, 2.05) is 13.8 Å². The number of carboxylic acids is 1. The van der Waals surface area contributed by atoms with E-state index in [-0.39, 0.29) is 16.8 Å². The van der Waals surface area contributed by atoms with E-state index in [1.165, 1.54) is 12.1 Å². The van der Waals surface area contributed by atoms with Gasteiger partial charge in [-0.05, 0) is 37.1 Å². The summed E-state index contributed by atoms with van der Waals surface area (Å²) in [6.07, 6.45) is 0. The summed E-state index contributed by atoms with van der Waals surface area (Å²) in [4.78, 5) is 23.5. The molecule has 0 unspecified atom stereocenters. The molecule has 0 saturated carbocycles. The minimum absolute atomic E-state index is 0.00571. The molecule has 3 aromatic rings. The maximum absolute atomic E-state index is 12.3. The largest absolute Gasteiger partial charge is 0.545 e. The zero-order valence-corrected chi connectivity index (χ0v) is 12.2. The number of hydrogen-bond donors (Lipinski definition) is 0. The van der Waals surface area contributed by atoms with E-state index in [4.69, 9.17) is 4.42 Å². The van der Waals surface area contributed by atoms with Gasteiger partial charge in [0, 0.05) is 17.2 Å². The Morgan fingerprint density at radius 1 is 1.05 bits per heavy atom. The minimum atomic E-state index is -1.31. The van der Waals surface area contributed by atoms with E-state index < -0.39 is 5.97 Å². The topological polar surface area (TPSA) is 70.3 Å². The average Bonchev–Trinajstić information content (AvgIpc) is 2.49. The highest BCUT2D eigenvalue weighted by atomic mass is 16.4. The van der Waals surface area contributed by atoms with Gasteiger partial charge in [0.15, 0.2) is 5.43 Å². The third-order valence-electron chi connectivity index (χ3n) is 3.76. The monoisotopic (exact) mass is 293 g/mol. The fourth-order valence-electron chi connectivity index (χ4n) is 2.42. The maximum Gasteiger partial charge on any atom is 0.193 e. The number of carbonyl (C=O) groups is 1. The van der Waals surface area contributed by atoms with Crippen molar-refractivity contribution in [2.24, 2.45) is 0 Å². The molecule has 0 spiro atoms. The molecule has 3 rings (SSSR count). The lowest BCUT2D eigenvalue weighted by molar-refractivity contribution is -0.254. The van der Waals surface area contributed by atoms with E-state index in [2.05, 4.69) is 0 Å². The molecule has 0 amide bonds. The molecule has 2 aromatic carbocycles. The smallest absolute Gasteiger partial charge is 0.193 e. The van der Waals surface area contributed by atoms with E-state index >= 15 is 0 Å². The molecule has 110 valence electrons. The van der Waals surface area contributed by atoms with Gasteiger partial charge in [-0.2, -0.15) is 0 Å². The van der Waals surface area contributed by atoms with Gasteiger partial charge in [-0.15, -0.1) is 0 Å². The Morgan fingerprint density at radius 3 is 2.45 bits per heavy atom. The molecule has 1 heterocycles. The van der Waals surface area contributed by atoms with Crippen LogP contribution in [0.4, 0.5) is 0 Å². The van der Waals surface area contributed by atoms with Gasteiger partial charge in [-0.25, -0.2) is 0 Å². The fraction of sp³-hybridized carbons (Fsp3) is 0.111. The number of aromatic carboxylic acids is 1. The Morgan fingerprint density at radius 2 is 1.73 bits per heavy atom. The normalized spacial score (nSPS) is 10.8. The number of carboxylic acid groups (broad SMARTS) is 1. The molecule has 22 heavy (non-hydrogen) atoms. The van der Waals surface area contributed by atoms with Crippen molar-refractivity contribution >= 4 is 16.9 Å². The molecule has 1 aromatic heterocycles. The molecule has 4 heteroatoms. The van der Waals surface area contributed by atoms with E-state index in [0.29, 0.717) is 16.5 Å². The van der Waals surface area contributed by atoms with Crippen molar-refractivity contribution in [3.63, 3.8) is 0 Å². The highest BCUT2D eigenvalue weighted by molar-refractivity contribution is 5.94. The highest BCUT2D eigenvalue weighted by Gasteiger charge is 2.12. The zero-order valence-electron chi connectivity index (χ0n) is 12.2. The Hall–Kier alpha value is -2.88. The summed E-state index contributed by atoms with van der Waals surface area (Å²) in [5.41, 5.74) is 2.57. The molecular formula is C18H13O4-. The van der Waals surface area contributed by atoms with E-state index in [9.17, 15) is 14.7 Å². The van der Waals surface area contributed by atoms with Gasteiger partial charge in [-0.1, -0.05) is 24.3 Å². The SMILES string of the molecule is Cc1cc2oc(-c3ccccc3C(=O)[O-])cc(=O)c2cc1C. The van der Waals surface area contributed by atoms with Crippen molar-refractivity contribution in [3.8, 4) is 11.3 Å². The summed E-state index contributed by atoms with van der Waals surface area (Å²) < 4.78 is 5.76. The summed E-state index contributed by atoms with van der Waals surface area (Å²) in [6.45, 7) is 3.85. The predicted molar refractivity (Wildman–Crippen MR) is 81.7 cm³/mol. The lowest BCUT2D eigenvalue weighted by atomic mass is 10.0. The van der Waals surface area contributed by atoms with Gasteiger partial charge < -0.3 is 14.3 Å². The number of fused-ring (bicyclic) bond motifs is 1. The number of carbonyl (C=O) groups excluding carboxylic acids is 1. The molecule has 0 radical (unpaired) electrons. The van der Waals surface area contributed by atoms with Crippen molar-refractivity contribution in [1.82, 2.24) is 0 Å². The van der Waals surface area contributed by atoms with Gasteiger partial charge in [0.1, 0.15) is 11.3 Å². The molecule has 0 aliphatic heterocycles. The van der Waals surface area contributed by atoms with Crippen LogP contribution in [0.25, 0.3) is 22.3 Å². The van der Waals surface area contributed by atoms with Crippen molar-refractivity contribution in [1.29, 1.82) is 0 Å². The van der Waals surface area contributed by atoms with Crippen molar-refractivity contribution in [2.75, 3.05) is 0 Å². The first kappa shape index (κ1) is 14.1. The van der Waals surface area contributed by atoms with Crippen LogP contribution in [0, 0.1) is 13.8 Å². The van der Waals surface area contributed by atoms with Crippen LogP contribution in [0.1, 0.15) is 21.5 Å².